The summed E-state index contributed by atoms with van der Waals surface area (Å²) in [7, 11) is -4.29. The average molecular weight is 679 g/mol. The SMILES string of the molecule is CCCNC(=O)[C@@H](Cc1ccccc1)N(Cc1ccc(Cl)c(Cl)c1)C(=O)CN(c1ccc(Cl)c(C(F)(F)F)c1)S(C)(=O)=O. The Morgan fingerprint density at radius 1 is 0.907 bits per heavy atom. The van der Waals surface area contributed by atoms with Crippen molar-refractivity contribution in [3.8, 4) is 0 Å². The summed E-state index contributed by atoms with van der Waals surface area (Å²) in [5, 5.41) is 2.61. The van der Waals surface area contributed by atoms with Crippen molar-refractivity contribution in [2.75, 3.05) is 23.7 Å². The molecule has 7 nitrogen and oxygen atoms in total. The summed E-state index contributed by atoms with van der Waals surface area (Å²) in [4.78, 5) is 28.7. The molecule has 3 aromatic rings. The summed E-state index contributed by atoms with van der Waals surface area (Å²) in [6.07, 6.45) is -3.43. The molecule has 232 valence electrons. The summed E-state index contributed by atoms with van der Waals surface area (Å²) < 4.78 is 67.0. The first kappa shape index (κ1) is 34.5. The lowest BCUT2D eigenvalue weighted by atomic mass is 10.0. The van der Waals surface area contributed by atoms with Gasteiger partial charge in [-0.3, -0.25) is 13.9 Å². The van der Waals surface area contributed by atoms with E-state index in [9.17, 15) is 31.2 Å². The van der Waals surface area contributed by atoms with Gasteiger partial charge in [-0.1, -0.05) is 78.1 Å². The lowest BCUT2D eigenvalue weighted by Crippen LogP contribution is -2.53. The van der Waals surface area contributed by atoms with E-state index in [2.05, 4.69) is 5.32 Å². The first-order chi connectivity index (χ1) is 20.1. The maximum Gasteiger partial charge on any atom is 0.417 e. The maximum absolute atomic E-state index is 14.0. The standard InChI is InChI=1S/C29H29Cl3F3N3O4S/c1-3-13-36-28(40)26(15-19-7-5-4-6-8-19)37(17-20-9-11-24(31)25(32)14-20)27(39)18-38(43(2,41)42)21-10-12-23(30)22(16-21)29(33,34)35/h4-12,14,16,26H,3,13,15,17-18H2,1-2H3,(H,36,40)/t26-/m1/s1. The van der Waals surface area contributed by atoms with E-state index < -0.39 is 56.9 Å². The summed E-state index contributed by atoms with van der Waals surface area (Å²) in [5.74, 6) is -1.33. The van der Waals surface area contributed by atoms with Gasteiger partial charge in [0.15, 0.2) is 0 Å². The van der Waals surface area contributed by atoms with Crippen LogP contribution in [-0.4, -0.2) is 50.5 Å². The molecule has 0 radical (unpaired) electrons. The molecule has 1 N–H and O–H groups in total. The lowest BCUT2D eigenvalue weighted by Gasteiger charge is -2.33. The molecule has 1 atom stereocenters. The number of hydrogen-bond donors (Lipinski definition) is 1. The van der Waals surface area contributed by atoms with Crippen LogP contribution in [0.15, 0.2) is 66.7 Å². The summed E-state index contributed by atoms with van der Waals surface area (Å²) in [5.41, 5.74) is -0.474. The van der Waals surface area contributed by atoms with Crippen molar-refractivity contribution >= 4 is 62.3 Å². The number of halogens is 6. The van der Waals surface area contributed by atoms with Crippen LogP contribution in [0.25, 0.3) is 0 Å². The average Bonchev–Trinajstić information content (AvgIpc) is 2.93. The number of carbonyl (C=O) groups excluding carboxylic acids is 2. The first-order valence-corrected chi connectivity index (χ1v) is 16.0. The molecule has 43 heavy (non-hydrogen) atoms. The van der Waals surface area contributed by atoms with Gasteiger partial charge in [-0.05, 0) is 47.9 Å². The normalized spacial score (nSPS) is 12.5. The molecule has 14 heteroatoms. The van der Waals surface area contributed by atoms with Crippen LogP contribution in [0.5, 0.6) is 0 Å². The number of nitrogens with one attached hydrogen (secondary N) is 1. The number of carbonyl (C=O) groups is 2. The van der Waals surface area contributed by atoms with Gasteiger partial charge in [0, 0.05) is 19.5 Å². The molecule has 0 bridgehead atoms. The monoisotopic (exact) mass is 677 g/mol. The number of alkyl halides is 3. The van der Waals surface area contributed by atoms with Crippen molar-refractivity contribution < 1.29 is 31.2 Å². The fourth-order valence-corrected chi connectivity index (χ4v) is 5.64. The van der Waals surface area contributed by atoms with Crippen molar-refractivity contribution in [2.45, 2.75) is 38.5 Å². The number of hydrogen-bond acceptors (Lipinski definition) is 4. The summed E-state index contributed by atoms with van der Waals surface area (Å²) in [6, 6.07) is 14.9. The molecule has 2 amide bonds. The van der Waals surface area contributed by atoms with Crippen molar-refractivity contribution in [1.29, 1.82) is 0 Å². The summed E-state index contributed by atoms with van der Waals surface area (Å²) >= 11 is 18.0. The van der Waals surface area contributed by atoms with Gasteiger partial charge in [-0.25, -0.2) is 8.42 Å². The van der Waals surface area contributed by atoms with Crippen LogP contribution >= 0.6 is 34.8 Å². The molecule has 0 unspecified atom stereocenters. The van der Waals surface area contributed by atoms with Gasteiger partial charge in [0.25, 0.3) is 0 Å². The smallest absolute Gasteiger partial charge is 0.354 e. The molecule has 0 fully saturated rings. The van der Waals surface area contributed by atoms with E-state index in [1.165, 1.54) is 17.0 Å². The van der Waals surface area contributed by atoms with Gasteiger partial charge in [-0.2, -0.15) is 13.2 Å². The fourth-order valence-electron chi connectivity index (χ4n) is 4.25. The number of anilines is 1. The van der Waals surface area contributed by atoms with Crippen molar-refractivity contribution in [3.63, 3.8) is 0 Å². The second kappa shape index (κ2) is 14.7. The molecule has 3 rings (SSSR count). The first-order valence-electron chi connectivity index (χ1n) is 13.0. The van der Waals surface area contributed by atoms with Crippen LogP contribution in [-0.2, 0) is 38.8 Å². The van der Waals surface area contributed by atoms with Gasteiger partial charge in [0.2, 0.25) is 21.8 Å². The Kier molecular flexibility index (Phi) is 11.8. The molecule has 0 heterocycles. The number of amides is 2. The third-order valence-corrected chi connectivity index (χ3v) is 8.59. The van der Waals surface area contributed by atoms with E-state index in [0.717, 1.165) is 24.0 Å². The fraction of sp³-hybridized carbons (Fsp3) is 0.310. The van der Waals surface area contributed by atoms with Gasteiger partial charge >= 0.3 is 6.18 Å². The highest BCUT2D eigenvalue weighted by molar-refractivity contribution is 7.92. The largest absolute Gasteiger partial charge is 0.417 e. The van der Waals surface area contributed by atoms with E-state index in [1.54, 1.807) is 36.4 Å². The molecule has 3 aromatic carbocycles. The Morgan fingerprint density at radius 2 is 1.56 bits per heavy atom. The van der Waals surface area contributed by atoms with Crippen LogP contribution in [0, 0.1) is 0 Å². The van der Waals surface area contributed by atoms with E-state index >= 15 is 0 Å². The molecule has 0 aliphatic rings. The molecule has 0 spiro atoms. The minimum Gasteiger partial charge on any atom is -0.354 e. The van der Waals surface area contributed by atoms with E-state index in [0.29, 0.717) is 28.9 Å². The highest BCUT2D eigenvalue weighted by Gasteiger charge is 2.36. The predicted octanol–water partition coefficient (Wildman–Crippen LogP) is 6.60. The van der Waals surface area contributed by atoms with Crippen LogP contribution in [0.1, 0.15) is 30.0 Å². The van der Waals surface area contributed by atoms with E-state index in [-0.39, 0.29) is 23.0 Å². The Bertz CT molecular complexity index is 1560. The predicted molar refractivity (Wildman–Crippen MR) is 163 cm³/mol. The minimum absolute atomic E-state index is 0.0709. The third kappa shape index (κ3) is 9.50. The Morgan fingerprint density at radius 3 is 2.14 bits per heavy atom. The van der Waals surface area contributed by atoms with Gasteiger partial charge in [-0.15, -0.1) is 0 Å². The summed E-state index contributed by atoms with van der Waals surface area (Å²) in [6.45, 7) is 1.10. The highest BCUT2D eigenvalue weighted by atomic mass is 35.5. The van der Waals surface area contributed by atoms with Gasteiger partial charge in [0.1, 0.15) is 12.6 Å². The second-order valence-electron chi connectivity index (χ2n) is 9.70. The van der Waals surface area contributed by atoms with Crippen molar-refractivity contribution in [3.05, 3.63) is 98.5 Å². The molecule has 0 saturated carbocycles. The molecule has 0 saturated heterocycles. The highest BCUT2D eigenvalue weighted by Crippen LogP contribution is 2.37. The van der Waals surface area contributed by atoms with Crippen molar-refractivity contribution in [1.82, 2.24) is 10.2 Å². The molecule has 0 aliphatic heterocycles. The minimum atomic E-state index is -4.88. The zero-order valence-corrected chi connectivity index (χ0v) is 26.3. The van der Waals surface area contributed by atoms with E-state index in [1.807, 2.05) is 6.92 Å². The Hall–Kier alpha value is -2.99. The topological polar surface area (TPSA) is 86.8 Å². The molecular formula is C29H29Cl3F3N3O4S. The molecule has 0 aliphatic carbocycles. The molecule has 0 aromatic heterocycles. The Balaban J connectivity index is 2.11. The van der Waals surface area contributed by atoms with Crippen LogP contribution in [0.4, 0.5) is 18.9 Å². The van der Waals surface area contributed by atoms with Crippen LogP contribution in [0.2, 0.25) is 15.1 Å². The number of benzene rings is 3. The van der Waals surface area contributed by atoms with Crippen LogP contribution < -0.4 is 9.62 Å². The van der Waals surface area contributed by atoms with Gasteiger partial charge in [0.05, 0.1) is 32.6 Å². The number of nitrogens with zero attached hydrogens (tertiary/aromatic N) is 2. The maximum atomic E-state index is 14.0. The quantitative estimate of drug-likeness (QED) is 0.234. The van der Waals surface area contributed by atoms with Crippen molar-refractivity contribution in [2.24, 2.45) is 0 Å². The van der Waals surface area contributed by atoms with Crippen LogP contribution in [0.3, 0.4) is 0 Å². The third-order valence-electron chi connectivity index (χ3n) is 6.38. The second-order valence-corrected chi connectivity index (χ2v) is 12.8. The lowest BCUT2D eigenvalue weighted by molar-refractivity contribution is -0.140. The van der Waals surface area contributed by atoms with E-state index in [4.69, 9.17) is 34.8 Å². The zero-order valence-electron chi connectivity index (χ0n) is 23.2. The zero-order chi connectivity index (χ0) is 31.9. The molecular weight excluding hydrogens is 650 g/mol. The number of rotatable bonds is 12. The Labute approximate surface area is 263 Å². The number of sulfonamides is 1. The van der Waals surface area contributed by atoms with Gasteiger partial charge < -0.3 is 10.2 Å².